The molecule has 1 fully saturated rings. The molecular formula is C19H19F3N4O3S. The van der Waals surface area contributed by atoms with E-state index in [0.29, 0.717) is 32.7 Å². The number of imidazole rings is 1. The standard InChI is InChI=1S/C19H19F3N4O3S/c20-19(21,22)29-16-4-6-17(7-5-16)30(27,28)25-11-9-24(10-12-25)14-15-13-23-18-3-1-2-8-26(15)18/h1-8,13H,9-12,14H2. The lowest BCUT2D eigenvalue weighted by molar-refractivity contribution is -0.274. The quantitative estimate of drug-likeness (QED) is 0.611. The minimum atomic E-state index is -4.82. The third-order valence-corrected chi connectivity index (χ3v) is 6.82. The summed E-state index contributed by atoms with van der Waals surface area (Å²) in [7, 11) is -3.79. The Labute approximate surface area is 171 Å². The van der Waals surface area contributed by atoms with Crippen molar-refractivity contribution in [2.45, 2.75) is 17.8 Å². The van der Waals surface area contributed by atoms with Gasteiger partial charge in [-0.05, 0) is 36.4 Å². The second kappa shape index (κ2) is 7.89. The van der Waals surface area contributed by atoms with Gasteiger partial charge in [-0.2, -0.15) is 4.31 Å². The fraction of sp³-hybridized carbons (Fsp3) is 0.316. The number of nitrogens with zero attached hydrogens (tertiary/aromatic N) is 4. The van der Waals surface area contributed by atoms with Crippen LogP contribution in [0, 0.1) is 0 Å². The third-order valence-electron chi connectivity index (χ3n) is 4.91. The molecule has 11 heteroatoms. The van der Waals surface area contributed by atoms with Gasteiger partial charge in [0.05, 0.1) is 16.8 Å². The monoisotopic (exact) mass is 440 g/mol. The fourth-order valence-corrected chi connectivity index (χ4v) is 4.84. The molecule has 0 amide bonds. The molecule has 160 valence electrons. The van der Waals surface area contributed by atoms with E-state index in [1.807, 2.05) is 35.0 Å². The van der Waals surface area contributed by atoms with Crippen molar-refractivity contribution in [2.24, 2.45) is 0 Å². The van der Waals surface area contributed by atoms with Gasteiger partial charge in [-0.25, -0.2) is 13.4 Å². The molecule has 1 aliphatic rings. The van der Waals surface area contributed by atoms with E-state index in [2.05, 4.69) is 14.6 Å². The van der Waals surface area contributed by atoms with E-state index in [4.69, 9.17) is 0 Å². The van der Waals surface area contributed by atoms with E-state index >= 15 is 0 Å². The van der Waals surface area contributed by atoms with Crippen molar-refractivity contribution in [3.63, 3.8) is 0 Å². The Morgan fingerprint density at radius 2 is 1.70 bits per heavy atom. The number of benzene rings is 1. The van der Waals surface area contributed by atoms with Crippen molar-refractivity contribution in [1.82, 2.24) is 18.6 Å². The molecule has 0 aliphatic carbocycles. The van der Waals surface area contributed by atoms with Gasteiger partial charge in [0.2, 0.25) is 10.0 Å². The first-order chi connectivity index (χ1) is 14.2. The van der Waals surface area contributed by atoms with E-state index in [9.17, 15) is 21.6 Å². The van der Waals surface area contributed by atoms with Crippen LogP contribution in [0.25, 0.3) is 5.65 Å². The lowest BCUT2D eigenvalue weighted by Crippen LogP contribution is -2.48. The molecule has 4 rings (SSSR count). The molecule has 3 aromatic rings. The number of alkyl halides is 3. The largest absolute Gasteiger partial charge is 0.573 e. The first-order valence-electron chi connectivity index (χ1n) is 9.22. The molecule has 1 saturated heterocycles. The normalized spacial score (nSPS) is 16.8. The molecule has 1 aromatic carbocycles. The molecule has 30 heavy (non-hydrogen) atoms. The van der Waals surface area contributed by atoms with Gasteiger partial charge in [-0.3, -0.25) is 4.90 Å². The number of aromatic nitrogens is 2. The van der Waals surface area contributed by atoms with Crippen LogP contribution >= 0.6 is 0 Å². The Bertz CT molecular complexity index is 1120. The summed E-state index contributed by atoms with van der Waals surface area (Å²) in [6.07, 6.45) is -1.08. The van der Waals surface area contributed by atoms with Gasteiger partial charge < -0.3 is 9.14 Å². The van der Waals surface area contributed by atoms with Crippen molar-refractivity contribution in [3.8, 4) is 5.75 Å². The van der Waals surface area contributed by atoms with Crippen molar-refractivity contribution in [3.05, 3.63) is 60.6 Å². The Morgan fingerprint density at radius 1 is 1.00 bits per heavy atom. The van der Waals surface area contributed by atoms with Gasteiger partial charge in [0.1, 0.15) is 11.4 Å². The number of fused-ring (bicyclic) bond motifs is 1. The SMILES string of the molecule is O=S(=O)(c1ccc(OC(F)(F)F)cc1)N1CCN(Cc2cnc3ccccn23)CC1. The Kier molecular flexibility index (Phi) is 5.43. The molecule has 3 heterocycles. The Morgan fingerprint density at radius 3 is 2.37 bits per heavy atom. The summed E-state index contributed by atoms with van der Waals surface area (Å²) in [4.78, 5) is 6.44. The number of halogens is 3. The highest BCUT2D eigenvalue weighted by Crippen LogP contribution is 2.25. The van der Waals surface area contributed by atoms with E-state index in [-0.39, 0.29) is 4.90 Å². The zero-order chi connectivity index (χ0) is 21.4. The number of piperazine rings is 1. The van der Waals surface area contributed by atoms with Crippen LogP contribution in [0.2, 0.25) is 0 Å². The maximum atomic E-state index is 12.8. The summed E-state index contributed by atoms with van der Waals surface area (Å²) >= 11 is 0. The molecule has 0 saturated carbocycles. The van der Waals surface area contributed by atoms with E-state index in [1.165, 1.54) is 4.31 Å². The lowest BCUT2D eigenvalue weighted by atomic mass is 10.3. The molecule has 0 spiro atoms. The maximum Gasteiger partial charge on any atom is 0.573 e. The first kappa shape index (κ1) is 20.6. The van der Waals surface area contributed by atoms with Gasteiger partial charge in [0.15, 0.2) is 0 Å². The number of pyridine rings is 1. The van der Waals surface area contributed by atoms with Gasteiger partial charge in [0, 0.05) is 38.9 Å². The minimum Gasteiger partial charge on any atom is -0.406 e. The van der Waals surface area contributed by atoms with E-state index in [1.54, 1.807) is 0 Å². The summed E-state index contributed by atoms with van der Waals surface area (Å²) in [6.45, 7) is 2.30. The number of ether oxygens (including phenoxy) is 1. The molecule has 1 aliphatic heterocycles. The number of hydrogen-bond acceptors (Lipinski definition) is 5. The molecular weight excluding hydrogens is 421 g/mol. The smallest absolute Gasteiger partial charge is 0.406 e. The summed E-state index contributed by atoms with van der Waals surface area (Å²) < 4.78 is 69.5. The van der Waals surface area contributed by atoms with Crippen LogP contribution in [0.1, 0.15) is 5.69 Å². The van der Waals surface area contributed by atoms with Crippen molar-refractivity contribution in [1.29, 1.82) is 0 Å². The first-order valence-corrected chi connectivity index (χ1v) is 10.7. The van der Waals surface area contributed by atoms with Crippen molar-refractivity contribution in [2.75, 3.05) is 26.2 Å². The molecule has 0 N–H and O–H groups in total. The topological polar surface area (TPSA) is 67.2 Å². The predicted octanol–water partition coefficient (Wildman–Crippen LogP) is 2.74. The van der Waals surface area contributed by atoms with Crippen LogP contribution < -0.4 is 4.74 Å². The second-order valence-electron chi connectivity index (χ2n) is 6.88. The van der Waals surface area contributed by atoms with Crippen LogP contribution in [-0.4, -0.2) is 59.5 Å². The minimum absolute atomic E-state index is 0.0627. The van der Waals surface area contributed by atoms with Gasteiger partial charge >= 0.3 is 6.36 Å². The van der Waals surface area contributed by atoms with Crippen LogP contribution in [0.5, 0.6) is 5.75 Å². The average Bonchev–Trinajstić information content (AvgIpc) is 3.11. The lowest BCUT2D eigenvalue weighted by Gasteiger charge is -2.33. The summed E-state index contributed by atoms with van der Waals surface area (Å²) in [6, 6.07) is 10.0. The Hall–Kier alpha value is -2.63. The van der Waals surface area contributed by atoms with E-state index < -0.39 is 22.1 Å². The highest BCUT2D eigenvalue weighted by molar-refractivity contribution is 7.89. The fourth-order valence-electron chi connectivity index (χ4n) is 3.42. The summed E-state index contributed by atoms with van der Waals surface area (Å²) in [5.41, 5.74) is 1.87. The van der Waals surface area contributed by atoms with Gasteiger partial charge in [-0.1, -0.05) is 6.07 Å². The maximum absolute atomic E-state index is 12.8. The van der Waals surface area contributed by atoms with Crippen LogP contribution in [0.3, 0.4) is 0 Å². The number of rotatable bonds is 5. The van der Waals surface area contributed by atoms with Crippen molar-refractivity contribution < 1.29 is 26.3 Å². The molecule has 2 aromatic heterocycles. The summed E-state index contributed by atoms with van der Waals surface area (Å²) in [5.74, 6) is -0.459. The van der Waals surface area contributed by atoms with Crippen LogP contribution in [0.4, 0.5) is 13.2 Å². The van der Waals surface area contributed by atoms with Crippen molar-refractivity contribution >= 4 is 15.7 Å². The van der Waals surface area contributed by atoms with Gasteiger partial charge in [-0.15, -0.1) is 13.2 Å². The molecule has 0 radical (unpaired) electrons. The van der Waals surface area contributed by atoms with Gasteiger partial charge in [0.25, 0.3) is 0 Å². The number of sulfonamides is 1. The van der Waals surface area contributed by atoms with Crippen LogP contribution in [-0.2, 0) is 16.6 Å². The van der Waals surface area contributed by atoms with E-state index in [0.717, 1.165) is 35.6 Å². The average molecular weight is 440 g/mol. The molecule has 0 bridgehead atoms. The van der Waals surface area contributed by atoms with Crippen LogP contribution in [0.15, 0.2) is 59.8 Å². The molecule has 7 nitrogen and oxygen atoms in total. The highest BCUT2D eigenvalue weighted by atomic mass is 32.2. The predicted molar refractivity (Wildman–Crippen MR) is 102 cm³/mol. The summed E-state index contributed by atoms with van der Waals surface area (Å²) in [5, 5.41) is 0. The zero-order valence-corrected chi connectivity index (χ0v) is 16.6. The molecule has 0 atom stereocenters. The third kappa shape index (κ3) is 4.42. The second-order valence-corrected chi connectivity index (χ2v) is 8.82. The molecule has 0 unspecified atom stereocenters. The Balaban J connectivity index is 1.39. The highest BCUT2D eigenvalue weighted by Gasteiger charge is 2.32. The zero-order valence-electron chi connectivity index (χ0n) is 15.8. The number of hydrogen-bond donors (Lipinski definition) is 0.